The summed E-state index contributed by atoms with van der Waals surface area (Å²) in [7, 11) is 0. The van der Waals surface area contributed by atoms with Gasteiger partial charge in [0.15, 0.2) is 0 Å². The molecule has 0 aliphatic rings. The second-order valence-corrected chi connectivity index (χ2v) is 12.6. The van der Waals surface area contributed by atoms with Crippen molar-refractivity contribution in [1.82, 2.24) is 14.1 Å². The first kappa shape index (κ1) is 25.6. The summed E-state index contributed by atoms with van der Waals surface area (Å²) in [5, 5.41) is 9.31. The number of furan rings is 1. The number of aromatic nitrogens is 3. The van der Waals surface area contributed by atoms with Gasteiger partial charge in [-0.15, -0.1) is 0 Å². The molecule has 0 unspecified atom stereocenters. The zero-order valence-electron chi connectivity index (χ0n) is 25.6. The summed E-state index contributed by atoms with van der Waals surface area (Å²) >= 11 is 0. The van der Waals surface area contributed by atoms with Crippen molar-refractivity contribution in [2.45, 2.75) is 0 Å². The molecule has 0 saturated carbocycles. The van der Waals surface area contributed by atoms with E-state index in [0.29, 0.717) is 5.39 Å². The van der Waals surface area contributed by atoms with E-state index in [9.17, 15) is 4.79 Å². The van der Waals surface area contributed by atoms with E-state index in [1.807, 2.05) is 36.4 Å². The number of fused-ring (bicyclic) bond motifs is 12. The molecule has 48 heavy (non-hydrogen) atoms. The average molecular weight is 616 g/mol. The number of hydrogen-bond acceptors (Lipinski definition) is 2. The van der Waals surface area contributed by atoms with Crippen LogP contribution in [0.3, 0.4) is 0 Å². The molecule has 7 aromatic carbocycles. The SMILES string of the molecule is O=c1[nH]c2cc3c(cc2c2cc4c5ccccc5n(-c5cccc6oc7ccccc7c56)c4cc12)c1ccccc1n3-c1ccccc1. The maximum absolute atomic E-state index is 14.0. The molecule has 5 heteroatoms. The molecule has 0 atom stereocenters. The topological polar surface area (TPSA) is 55.9 Å². The molecule has 5 nitrogen and oxygen atoms in total. The van der Waals surface area contributed by atoms with Crippen molar-refractivity contribution in [2.75, 3.05) is 0 Å². The molecule has 0 amide bonds. The smallest absolute Gasteiger partial charge is 0.256 e. The lowest BCUT2D eigenvalue weighted by Crippen LogP contribution is -2.07. The minimum Gasteiger partial charge on any atom is -0.456 e. The molecule has 0 bridgehead atoms. The Bertz CT molecular complexity index is 3190. The van der Waals surface area contributed by atoms with Gasteiger partial charge in [0.05, 0.1) is 38.7 Å². The summed E-state index contributed by atoms with van der Waals surface area (Å²) in [5.74, 6) is 0. The Hall–Kier alpha value is -6.59. The molecule has 11 rings (SSSR count). The Morgan fingerprint density at radius 1 is 0.438 bits per heavy atom. The maximum Gasteiger partial charge on any atom is 0.256 e. The third-order valence-corrected chi connectivity index (χ3v) is 10.0. The first-order valence-electron chi connectivity index (χ1n) is 16.2. The second-order valence-electron chi connectivity index (χ2n) is 12.6. The molecule has 0 aliphatic heterocycles. The summed E-state index contributed by atoms with van der Waals surface area (Å²) in [4.78, 5) is 17.3. The van der Waals surface area contributed by atoms with Crippen molar-refractivity contribution in [3.8, 4) is 11.4 Å². The van der Waals surface area contributed by atoms with E-state index in [-0.39, 0.29) is 5.56 Å². The van der Waals surface area contributed by atoms with Gasteiger partial charge in [-0.25, -0.2) is 0 Å². The Morgan fingerprint density at radius 3 is 1.85 bits per heavy atom. The van der Waals surface area contributed by atoms with Gasteiger partial charge in [-0.1, -0.05) is 78.9 Å². The molecule has 0 spiro atoms. The Kier molecular flexibility index (Phi) is 4.93. The van der Waals surface area contributed by atoms with E-state index in [2.05, 4.69) is 123 Å². The van der Waals surface area contributed by atoms with Crippen LogP contribution in [0.5, 0.6) is 0 Å². The number of nitrogens with zero attached hydrogens (tertiary/aromatic N) is 2. The quantitative estimate of drug-likeness (QED) is 0.197. The molecule has 0 saturated heterocycles. The lowest BCUT2D eigenvalue weighted by atomic mass is 10.0. The van der Waals surface area contributed by atoms with Crippen LogP contribution in [0.15, 0.2) is 155 Å². The van der Waals surface area contributed by atoms with Crippen molar-refractivity contribution in [3.63, 3.8) is 0 Å². The molecule has 0 fully saturated rings. The Morgan fingerprint density at radius 2 is 1.06 bits per heavy atom. The van der Waals surface area contributed by atoms with Gasteiger partial charge in [0.1, 0.15) is 11.2 Å². The van der Waals surface area contributed by atoms with E-state index in [1.165, 1.54) is 5.39 Å². The lowest BCUT2D eigenvalue weighted by Gasteiger charge is -2.11. The van der Waals surface area contributed by atoms with Crippen LogP contribution in [-0.4, -0.2) is 14.1 Å². The van der Waals surface area contributed by atoms with Crippen molar-refractivity contribution < 1.29 is 4.42 Å². The minimum absolute atomic E-state index is 0.107. The van der Waals surface area contributed by atoms with Gasteiger partial charge in [-0.3, -0.25) is 4.79 Å². The largest absolute Gasteiger partial charge is 0.456 e. The van der Waals surface area contributed by atoms with Crippen molar-refractivity contribution in [2.24, 2.45) is 0 Å². The molecule has 224 valence electrons. The highest BCUT2D eigenvalue weighted by molar-refractivity contribution is 6.22. The zero-order chi connectivity index (χ0) is 31.5. The third kappa shape index (κ3) is 3.32. The summed E-state index contributed by atoms with van der Waals surface area (Å²) in [6, 6.07) is 50.5. The second kappa shape index (κ2) is 9.24. The molecular weight excluding hydrogens is 590 g/mol. The molecular formula is C43H25N3O2. The first-order chi connectivity index (χ1) is 23.7. The van der Waals surface area contributed by atoms with Gasteiger partial charge in [0, 0.05) is 43.4 Å². The van der Waals surface area contributed by atoms with Gasteiger partial charge in [0.25, 0.3) is 5.56 Å². The van der Waals surface area contributed by atoms with Crippen LogP contribution in [0.1, 0.15) is 0 Å². The van der Waals surface area contributed by atoms with Crippen LogP contribution in [0.25, 0.3) is 98.6 Å². The Labute approximate surface area is 272 Å². The molecule has 0 aliphatic carbocycles. The molecule has 4 heterocycles. The number of rotatable bonds is 2. The number of nitrogens with one attached hydrogen (secondary N) is 1. The standard InChI is InChI=1S/C43H25N3O2/c47-43-33-23-38-31(27-14-5-8-17-36(27)46(38)37-18-10-20-41-42(37)28-15-6-9-19-40(28)48-41)21-29(33)30-22-32-26-13-4-7-16-35(26)45(25-11-2-1-3-12-25)39(32)24-34(30)44-43/h1-24H,(H,44,47). The molecule has 11 aromatic rings. The molecule has 1 N–H and O–H groups in total. The average Bonchev–Trinajstić information content (AvgIpc) is 3.78. The third-order valence-electron chi connectivity index (χ3n) is 10.0. The molecule has 4 aromatic heterocycles. The predicted octanol–water partition coefficient (Wildman–Crippen LogP) is 10.8. The first-order valence-corrected chi connectivity index (χ1v) is 16.2. The number of aromatic amines is 1. The van der Waals surface area contributed by atoms with Gasteiger partial charge >= 0.3 is 0 Å². The highest BCUT2D eigenvalue weighted by atomic mass is 16.3. The van der Waals surface area contributed by atoms with Crippen LogP contribution in [0.2, 0.25) is 0 Å². The predicted molar refractivity (Wildman–Crippen MR) is 198 cm³/mol. The minimum atomic E-state index is -0.107. The van der Waals surface area contributed by atoms with Gasteiger partial charge in [-0.05, 0) is 72.1 Å². The van der Waals surface area contributed by atoms with Gasteiger partial charge in [0.2, 0.25) is 0 Å². The van der Waals surface area contributed by atoms with Gasteiger partial charge < -0.3 is 18.5 Å². The Balaban J connectivity index is 1.27. The van der Waals surface area contributed by atoms with Crippen LogP contribution in [-0.2, 0) is 0 Å². The molecule has 0 radical (unpaired) electrons. The van der Waals surface area contributed by atoms with E-state index >= 15 is 0 Å². The summed E-state index contributed by atoms with van der Waals surface area (Å²) < 4.78 is 10.8. The van der Waals surface area contributed by atoms with Crippen LogP contribution >= 0.6 is 0 Å². The summed E-state index contributed by atoms with van der Waals surface area (Å²) in [5.41, 5.74) is 8.76. The zero-order valence-corrected chi connectivity index (χ0v) is 25.6. The van der Waals surface area contributed by atoms with Gasteiger partial charge in [-0.2, -0.15) is 0 Å². The number of para-hydroxylation sites is 4. The monoisotopic (exact) mass is 615 g/mol. The number of benzene rings is 7. The maximum atomic E-state index is 14.0. The summed E-state index contributed by atoms with van der Waals surface area (Å²) in [6.07, 6.45) is 0. The van der Waals surface area contributed by atoms with E-state index < -0.39 is 0 Å². The van der Waals surface area contributed by atoms with Crippen LogP contribution in [0.4, 0.5) is 0 Å². The van der Waals surface area contributed by atoms with Crippen molar-refractivity contribution >= 4 is 87.2 Å². The normalized spacial score (nSPS) is 12.2. The highest BCUT2D eigenvalue weighted by Gasteiger charge is 2.20. The van der Waals surface area contributed by atoms with Crippen LogP contribution in [0, 0.1) is 0 Å². The van der Waals surface area contributed by atoms with Crippen LogP contribution < -0.4 is 5.56 Å². The fraction of sp³-hybridized carbons (Fsp3) is 0. The number of pyridine rings is 1. The van der Waals surface area contributed by atoms with E-state index in [1.54, 1.807) is 0 Å². The van der Waals surface area contributed by atoms with Crippen molar-refractivity contribution in [1.29, 1.82) is 0 Å². The van der Waals surface area contributed by atoms with E-state index in [0.717, 1.165) is 87.8 Å². The fourth-order valence-electron chi connectivity index (χ4n) is 8.01. The van der Waals surface area contributed by atoms with Crippen molar-refractivity contribution in [3.05, 3.63) is 156 Å². The van der Waals surface area contributed by atoms with E-state index in [4.69, 9.17) is 4.42 Å². The number of H-pyrrole nitrogens is 1. The fourth-order valence-corrected chi connectivity index (χ4v) is 8.01. The highest BCUT2D eigenvalue weighted by Crippen LogP contribution is 2.41. The summed E-state index contributed by atoms with van der Waals surface area (Å²) in [6.45, 7) is 0. The number of hydrogen-bond donors (Lipinski definition) is 1. The lowest BCUT2D eigenvalue weighted by molar-refractivity contribution is 0.669.